The van der Waals surface area contributed by atoms with Gasteiger partial charge in [-0.25, -0.2) is 0 Å². The van der Waals surface area contributed by atoms with E-state index in [1.807, 2.05) is 55.5 Å². The van der Waals surface area contributed by atoms with Gasteiger partial charge in [0.2, 0.25) is 0 Å². The number of nitrogens with one attached hydrogen (secondary N) is 1. The molecular weight excluding hydrogens is 238 g/mol. The van der Waals surface area contributed by atoms with Gasteiger partial charge in [0.1, 0.15) is 0 Å². The van der Waals surface area contributed by atoms with Crippen LogP contribution in [0.5, 0.6) is 0 Å². The normalized spacial score (nSPS) is 10.8. The lowest BCUT2D eigenvalue weighted by Gasteiger charge is -2.04. The van der Waals surface area contributed by atoms with Crippen LogP contribution in [0.25, 0.3) is 11.1 Å². The van der Waals surface area contributed by atoms with E-state index in [0.717, 1.165) is 17.5 Å². The van der Waals surface area contributed by atoms with Crippen LogP contribution in [-0.4, -0.2) is 12.5 Å². The van der Waals surface area contributed by atoms with Crippen molar-refractivity contribution in [3.63, 3.8) is 0 Å². The highest BCUT2D eigenvalue weighted by Gasteiger charge is 2.15. The molecule has 1 aromatic carbocycles. The first kappa shape index (κ1) is 13.1. The van der Waals surface area contributed by atoms with Crippen LogP contribution in [0, 0.1) is 0 Å². The summed E-state index contributed by atoms with van der Waals surface area (Å²) in [6.07, 6.45) is 6.35. The van der Waals surface area contributed by atoms with Gasteiger partial charge in [-0.05, 0) is 25.0 Å². The third kappa shape index (κ3) is 3.35. The number of amides is 1. The van der Waals surface area contributed by atoms with E-state index >= 15 is 0 Å². The molecule has 0 saturated carbocycles. The van der Waals surface area contributed by atoms with Crippen LogP contribution in [0.1, 0.15) is 23.9 Å². The molecule has 1 N–H and O–H groups in total. The van der Waals surface area contributed by atoms with Gasteiger partial charge < -0.3 is 9.73 Å². The summed E-state index contributed by atoms with van der Waals surface area (Å²) in [4.78, 5) is 12.0. The van der Waals surface area contributed by atoms with Crippen molar-refractivity contribution in [3.05, 3.63) is 60.6 Å². The molecule has 1 aromatic heterocycles. The fourth-order valence-electron chi connectivity index (χ4n) is 1.85. The van der Waals surface area contributed by atoms with E-state index in [9.17, 15) is 4.79 Å². The molecule has 98 valence electrons. The Morgan fingerprint density at radius 1 is 1.26 bits per heavy atom. The van der Waals surface area contributed by atoms with E-state index in [4.69, 9.17) is 4.42 Å². The summed E-state index contributed by atoms with van der Waals surface area (Å²) >= 11 is 0. The predicted octanol–water partition coefficient (Wildman–Crippen LogP) is 3.64. The van der Waals surface area contributed by atoms with Crippen LogP contribution >= 0.6 is 0 Å². The first-order chi connectivity index (χ1) is 9.33. The van der Waals surface area contributed by atoms with Crippen molar-refractivity contribution >= 4 is 5.91 Å². The van der Waals surface area contributed by atoms with Gasteiger partial charge in [-0.1, -0.05) is 42.5 Å². The van der Waals surface area contributed by atoms with E-state index in [1.54, 1.807) is 6.26 Å². The summed E-state index contributed by atoms with van der Waals surface area (Å²) in [5, 5.41) is 2.85. The number of carbonyl (C=O) groups excluding carboxylic acids is 1. The Morgan fingerprint density at radius 3 is 2.79 bits per heavy atom. The van der Waals surface area contributed by atoms with Crippen molar-refractivity contribution in [2.45, 2.75) is 13.3 Å². The largest absolute Gasteiger partial charge is 0.459 e. The number of hydrogen-bond acceptors (Lipinski definition) is 2. The van der Waals surface area contributed by atoms with E-state index in [1.165, 1.54) is 0 Å². The summed E-state index contributed by atoms with van der Waals surface area (Å²) in [7, 11) is 0. The van der Waals surface area contributed by atoms with Crippen molar-refractivity contribution in [2.75, 3.05) is 6.54 Å². The average molecular weight is 255 g/mol. The molecule has 3 heteroatoms. The van der Waals surface area contributed by atoms with Gasteiger partial charge in [0.05, 0.1) is 6.26 Å². The fourth-order valence-corrected chi connectivity index (χ4v) is 1.85. The first-order valence-corrected chi connectivity index (χ1v) is 6.35. The minimum atomic E-state index is -0.173. The Bertz CT molecular complexity index is 555. The quantitative estimate of drug-likeness (QED) is 0.654. The summed E-state index contributed by atoms with van der Waals surface area (Å²) in [5.74, 6) is 0.194. The molecule has 0 aliphatic carbocycles. The van der Waals surface area contributed by atoms with Crippen LogP contribution in [0.3, 0.4) is 0 Å². The predicted molar refractivity (Wildman–Crippen MR) is 75.9 cm³/mol. The summed E-state index contributed by atoms with van der Waals surface area (Å²) in [5.41, 5.74) is 1.80. The van der Waals surface area contributed by atoms with Gasteiger partial charge in [0.15, 0.2) is 5.76 Å². The maximum atomic E-state index is 12.0. The molecule has 0 unspecified atom stereocenters. The molecule has 1 amide bonds. The van der Waals surface area contributed by atoms with Gasteiger partial charge in [-0.2, -0.15) is 0 Å². The van der Waals surface area contributed by atoms with Crippen molar-refractivity contribution in [1.29, 1.82) is 0 Å². The lowest BCUT2D eigenvalue weighted by molar-refractivity contribution is 0.0927. The maximum absolute atomic E-state index is 12.0. The molecule has 2 aromatic rings. The standard InChI is InChI=1S/C16H17NO2/c1-2-3-7-11-17-16(18)15-14(10-12-19-15)13-8-5-4-6-9-13/h2-6,8-10,12H,7,11H2,1H3,(H,17,18)/b3-2+. The zero-order chi connectivity index (χ0) is 13.5. The monoisotopic (exact) mass is 255 g/mol. The number of allylic oxidation sites excluding steroid dienone is 1. The van der Waals surface area contributed by atoms with Crippen molar-refractivity contribution in [1.82, 2.24) is 5.32 Å². The third-order valence-electron chi connectivity index (χ3n) is 2.79. The summed E-state index contributed by atoms with van der Waals surface area (Å²) in [6, 6.07) is 11.6. The topological polar surface area (TPSA) is 42.2 Å². The molecule has 0 bridgehead atoms. The number of hydrogen-bond donors (Lipinski definition) is 1. The zero-order valence-corrected chi connectivity index (χ0v) is 10.9. The maximum Gasteiger partial charge on any atom is 0.287 e. The highest BCUT2D eigenvalue weighted by Crippen LogP contribution is 2.24. The fraction of sp³-hybridized carbons (Fsp3) is 0.188. The molecule has 1 heterocycles. The summed E-state index contributed by atoms with van der Waals surface area (Å²) < 4.78 is 5.31. The minimum Gasteiger partial charge on any atom is -0.459 e. The molecular formula is C16H17NO2. The smallest absolute Gasteiger partial charge is 0.287 e. The molecule has 0 spiro atoms. The molecule has 19 heavy (non-hydrogen) atoms. The van der Waals surface area contributed by atoms with Crippen LogP contribution in [0.4, 0.5) is 0 Å². The number of rotatable bonds is 5. The molecule has 0 saturated heterocycles. The van der Waals surface area contributed by atoms with Gasteiger partial charge in [0.25, 0.3) is 5.91 Å². The second kappa shape index (κ2) is 6.59. The summed E-state index contributed by atoms with van der Waals surface area (Å²) in [6.45, 7) is 2.57. The van der Waals surface area contributed by atoms with Gasteiger partial charge in [0, 0.05) is 12.1 Å². The Balaban J connectivity index is 2.09. The second-order valence-corrected chi connectivity index (χ2v) is 4.14. The molecule has 2 rings (SSSR count). The Labute approximate surface area is 112 Å². The molecule has 0 fully saturated rings. The zero-order valence-electron chi connectivity index (χ0n) is 10.9. The van der Waals surface area contributed by atoms with Crippen LogP contribution in [-0.2, 0) is 0 Å². The van der Waals surface area contributed by atoms with Gasteiger partial charge in [-0.15, -0.1) is 0 Å². The molecule has 0 aliphatic rings. The lowest BCUT2D eigenvalue weighted by Crippen LogP contribution is -2.24. The molecule has 0 radical (unpaired) electrons. The van der Waals surface area contributed by atoms with Gasteiger partial charge in [-0.3, -0.25) is 4.79 Å². The molecule has 0 atom stereocenters. The van der Waals surface area contributed by atoms with Crippen molar-refractivity contribution < 1.29 is 9.21 Å². The number of furan rings is 1. The van der Waals surface area contributed by atoms with E-state index in [0.29, 0.717) is 12.3 Å². The number of carbonyl (C=O) groups is 1. The lowest BCUT2D eigenvalue weighted by atomic mass is 10.1. The Morgan fingerprint density at radius 2 is 2.05 bits per heavy atom. The van der Waals surface area contributed by atoms with Crippen LogP contribution < -0.4 is 5.32 Å². The van der Waals surface area contributed by atoms with Crippen LogP contribution in [0.15, 0.2) is 59.2 Å². The number of benzene rings is 1. The highest BCUT2D eigenvalue weighted by atomic mass is 16.3. The van der Waals surface area contributed by atoms with Crippen molar-refractivity contribution in [3.8, 4) is 11.1 Å². The van der Waals surface area contributed by atoms with Crippen LogP contribution in [0.2, 0.25) is 0 Å². The Hall–Kier alpha value is -2.29. The van der Waals surface area contributed by atoms with E-state index < -0.39 is 0 Å². The third-order valence-corrected chi connectivity index (χ3v) is 2.79. The SMILES string of the molecule is C/C=C/CCNC(=O)c1occc1-c1ccccc1. The van der Waals surface area contributed by atoms with Gasteiger partial charge >= 0.3 is 0 Å². The first-order valence-electron chi connectivity index (χ1n) is 6.35. The highest BCUT2D eigenvalue weighted by molar-refractivity contribution is 5.98. The Kier molecular flexibility index (Phi) is 4.56. The van der Waals surface area contributed by atoms with Crippen molar-refractivity contribution in [2.24, 2.45) is 0 Å². The molecule has 0 aliphatic heterocycles. The van der Waals surface area contributed by atoms with E-state index in [-0.39, 0.29) is 5.91 Å². The van der Waals surface area contributed by atoms with E-state index in [2.05, 4.69) is 5.32 Å². The minimum absolute atomic E-state index is 0.173. The average Bonchev–Trinajstić information content (AvgIpc) is 2.94. The molecule has 3 nitrogen and oxygen atoms in total. The second-order valence-electron chi connectivity index (χ2n) is 4.14.